The fourth-order valence-electron chi connectivity index (χ4n) is 4.62. The predicted molar refractivity (Wildman–Crippen MR) is 96.7 cm³/mol. The van der Waals surface area contributed by atoms with Crippen molar-refractivity contribution in [3.63, 3.8) is 0 Å². The van der Waals surface area contributed by atoms with Crippen LogP contribution in [0.3, 0.4) is 0 Å². The number of rotatable bonds is 6. The largest absolute Gasteiger partial charge is 0.375 e. The Morgan fingerprint density at radius 2 is 1.87 bits per heavy atom. The van der Waals surface area contributed by atoms with E-state index >= 15 is 0 Å². The summed E-state index contributed by atoms with van der Waals surface area (Å²) in [6.45, 7) is 6.50. The van der Waals surface area contributed by atoms with E-state index in [1.807, 2.05) is 0 Å². The SMILES string of the molecule is CC1(C)CC(NCCC2(Cc3ccccc3)CCCC2)CCO1. The molecule has 0 aromatic heterocycles. The van der Waals surface area contributed by atoms with Gasteiger partial charge in [0.25, 0.3) is 0 Å². The normalized spacial score (nSPS) is 26.3. The molecule has 2 heteroatoms. The molecular weight excluding hydrogens is 282 g/mol. The Morgan fingerprint density at radius 3 is 2.57 bits per heavy atom. The summed E-state index contributed by atoms with van der Waals surface area (Å²) in [4.78, 5) is 0. The van der Waals surface area contributed by atoms with E-state index in [9.17, 15) is 0 Å². The fraction of sp³-hybridized carbons (Fsp3) is 0.714. The van der Waals surface area contributed by atoms with E-state index in [1.54, 1.807) is 0 Å². The third-order valence-electron chi connectivity index (χ3n) is 5.87. The first kappa shape index (κ1) is 17.0. The van der Waals surface area contributed by atoms with Crippen LogP contribution in [0.2, 0.25) is 0 Å². The minimum Gasteiger partial charge on any atom is -0.375 e. The maximum absolute atomic E-state index is 5.83. The molecule has 2 aliphatic rings. The molecule has 1 aliphatic carbocycles. The fourth-order valence-corrected chi connectivity index (χ4v) is 4.62. The summed E-state index contributed by atoms with van der Waals surface area (Å²) < 4.78 is 5.83. The standard InChI is InChI=1S/C21H33NO/c1-20(2)17-19(10-15-23-20)22-14-13-21(11-6-7-12-21)16-18-8-4-3-5-9-18/h3-5,8-9,19,22H,6-7,10-17H2,1-2H3. The first-order chi connectivity index (χ1) is 11.1. The number of hydrogen-bond donors (Lipinski definition) is 1. The molecule has 2 nitrogen and oxygen atoms in total. The van der Waals surface area contributed by atoms with Crippen molar-refractivity contribution >= 4 is 0 Å². The summed E-state index contributed by atoms with van der Waals surface area (Å²) in [5.41, 5.74) is 2.10. The molecule has 1 heterocycles. The van der Waals surface area contributed by atoms with E-state index in [0.29, 0.717) is 11.5 Å². The van der Waals surface area contributed by atoms with E-state index in [1.165, 1.54) is 44.1 Å². The monoisotopic (exact) mass is 315 g/mol. The van der Waals surface area contributed by atoms with E-state index in [4.69, 9.17) is 4.74 Å². The number of ether oxygens (including phenoxy) is 1. The van der Waals surface area contributed by atoms with Crippen LogP contribution in [0.15, 0.2) is 30.3 Å². The van der Waals surface area contributed by atoms with Gasteiger partial charge in [-0.05, 0) is 69.9 Å². The Kier molecular flexibility index (Phi) is 5.43. The quantitative estimate of drug-likeness (QED) is 0.819. The Hall–Kier alpha value is -0.860. The number of benzene rings is 1. The Bertz CT molecular complexity index is 476. The van der Waals surface area contributed by atoms with Crippen molar-refractivity contribution in [2.75, 3.05) is 13.2 Å². The van der Waals surface area contributed by atoms with Crippen molar-refractivity contribution in [2.24, 2.45) is 5.41 Å². The van der Waals surface area contributed by atoms with Crippen LogP contribution in [-0.2, 0) is 11.2 Å². The van der Waals surface area contributed by atoms with Crippen LogP contribution in [0.5, 0.6) is 0 Å². The average molecular weight is 316 g/mol. The van der Waals surface area contributed by atoms with Crippen molar-refractivity contribution in [3.8, 4) is 0 Å². The smallest absolute Gasteiger partial charge is 0.0641 e. The molecular formula is C21H33NO. The summed E-state index contributed by atoms with van der Waals surface area (Å²) in [6.07, 6.45) is 10.5. The number of nitrogens with one attached hydrogen (secondary N) is 1. The highest BCUT2D eigenvalue weighted by molar-refractivity contribution is 5.17. The second-order valence-corrected chi connectivity index (χ2v) is 8.37. The third kappa shape index (κ3) is 4.81. The topological polar surface area (TPSA) is 21.3 Å². The van der Waals surface area contributed by atoms with Crippen LogP contribution >= 0.6 is 0 Å². The van der Waals surface area contributed by atoms with Gasteiger partial charge in [-0.2, -0.15) is 0 Å². The maximum atomic E-state index is 5.83. The molecule has 1 N–H and O–H groups in total. The van der Waals surface area contributed by atoms with Crippen molar-refractivity contribution in [3.05, 3.63) is 35.9 Å². The van der Waals surface area contributed by atoms with E-state index < -0.39 is 0 Å². The lowest BCUT2D eigenvalue weighted by Crippen LogP contribution is -2.44. The van der Waals surface area contributed by atoms with E-state index in [2.05, 4.69) is 49.5 Å². The highest BCUT2D eigenvalue weighted by Gasteiger charge is 2.34. The molecule has 1 aromatic rings. The molecule has 128 valence electrons. The second-order valence-electron chi connectivity index (χ2n) is 8.37. The van der Waals surface area contributed by atoms with Gasteiger partial charge >= 0.3 is 0 Å². The highest BCUT2D eigenvalue weighted by atomic mass is 16.5. The summed E-state index contributed by atoms with van der Waals surface area (Å²) in [5.74, 6) is 0. The molecule has 0 amide bonds. The first-order valence-corrected chi connectivity index (χ1v) is 9.48. The van der Waals surface area contributed by atoms with Crippen molar-refractivity contribution in [1.29, 1.82) is 0 Å². The second kappa shape index (κ2) is 7.36. The first-order valence-electron chi connectivity index (χ1n) is 9.48. The zero-order chi connectivity index (χ0) is 16.2. The minimum absolute atomic E-state index is 0.0466. The molecule has 0 bridgehead atoms. The van der Waals surface area contributed by atoms with Crippen LogP contribution in [0, 0.1) is 5.41 Å². The van der Waals surface area contributed by atoms with Crippen molar-refractivity contribution < 1.29 is 4.74 Å². The van der Waals surface area contributed by atoms with Crippen LogP contribution in [-0.4, -0.2) is 24.8 Å². The van der Waals surface area contributed by atoms with Gasteiger partial charge in [-0.15, -0.1) is 0 Å². The van der Waals surface area contributed by atoms with Gasteiger partial charge in [-0.3, -0.25) is 0 Å². The maximum Gasteiger partial charge on any atom is 0.0641 e. The summed E-state index contributed by atoms with van der Waals surface area (Å²) in [6, 6.07) is 11.7. The molecule has 1 aromatic carbocycles. The van der Waals surface area contributed by atoms with Gasteiger partial charge in [0, 0.05) is 12.6 Å². The van der Waals surface area contributed by atoms with Crippen LogP contribution in [0.1, 0.15) is 64.4 Å². The summed E-state index contributed by atoms with van der Waals surface area (Å²) in [7, 11) is 0. The van der Waals surface area contributed by atoms with Gasteiger partial charge in [0.15, 0.2) is 0 Å². The Balaban J connectivity index is 1.52. The van der Waals surface area contributed by atoms with Crippen LogP contribution in [0.4, 0.5) is 0 Å². The molecule has 1 unspecified atom stereocenters. The molecule has 2 fully saturated rings. The molecule has 1 saturated heterocycles. The van der Waals surface area contributed by atoms with E-state index in [0.717, 1.165) is 26.0 Å². The molecule has 0 radical (unpaired) electrons. The third-order valence-corrected chi connectivity index (χ3v) is 5.87. The molecule has 1 saturated carbocycles. The van der Waals surface area contributed by atoms with Crippen molar-refractivity contribution in [2.45, 2.75) is 76.9 Å². The van der Waals surface area contributed by atoms with Crippen LogP contribution < -0.4 is 5.32 Å². The van der Waals surface area contributed by atoms with Crippen LogP contribution in [0.25, 0.3) is 0 Å². The molecule has 23 heavy (non-hydrogen) atoms. The average Bonchev–Trinajstić information content (AvgIpc) is 2.96. The lowest BCUT2D eigenvalue weighted by atomic mass is 9.77. The lowest BCUT2D eigenvalue weighted by Gasteiger charge is -2.37. The predicted octanol–water partition coefficient (Wildman–Crippen LogP) is 4.73. The molecule has 3 rings (SSSR count). The van der Waals surface area contributed by atoms with Gasteiger partial charge < -0.3 is 10.1 Å². The van der Waals surface area contributed by atoms with Crippen molar-refractivity contribution in [1.82, 2.24) is 5.32 Å². The zero-order valence-corrected chi connectivity index (χ0v) is 14.9. The molecule has 1 aliphatic heterocycles. The highest BCUT2D eigenvalue weighted by Crippen LogP contribution is 2.43. The Morgan fingerprint density at radius 1 is 1.13 bits per heavy atom. The summed E-state index contributed by atoms with van der Waals surface area (Å²) in [5, 5.41) is 3.83. The zero-order valence-electron chi connectivity index (χ0n) is 14.9. The Labute approximate surface area is 142 Å². The molecule has 0 spiro atoms. The van der Waals surface area contributed by atoms with Gasteiger partial charge in [0.1, 0.15) is 0 Å². The van der Waals surface area contributed by atoms with Gasteiger partial charge in [-0.25, -0.2) is 0 Å². The van der Waals surface area contributed by atoms with E-state index in [-0.39, 0.29) is 5.60 Å². The molecule has 1 atom stereocenters. The number of hydrogen-bond acceptors (Lipinski definition) is 2. The summed E-state index contributed by atoms with van der Waals surface area (Å²) >= 11 is 0. The minimum atomic E-state index is 0.0466. The van der Waals surface area contributed by atoms with Gasteiger partial charge in [-0.1, -0.05) is 43.2 Å². The van der Waals surface area contributed by atoms with Gasteiger partial charge in [0.2, 0.25) is 0 Å². The van der Waals surface area contributed by atoms with Gasteiger partial charge in [0.05, 0.1) is 5.60 Å². The lowest BCUT2D eigenvalue weighted by molar-refractivity contribution is -0.0630.